The summed E-state index contributed by atoms with van der Waals surface area (Å²) in [5, 5.41) is 0. The molecule has 1 saturated carbocycles. The lowest BCUT2D eigenvalue weighted by Crippen LogP contribution is -2.56. The standard InChI is InChI=1S/C16H23FN2O/c1-2-19(12-13-7-6-8-14(17)11-13)15(20)16(18)9-4-3-5-10-16/h6-8,11H,2-5,9-10,12,18H2,1H3. The molecule has 1 aromatic rings. The third-order valence-corrected chi connectivity index (χ3v) is 4.10. The average Bonchev–Trinajstić information content (AvgIpc) is 2.45. The Morgan fingerprint density at radius 1 is 1.35 bits per heavy atom. The van der Waals surface area contributed by atoms with Crippen LogP contribution in [0.3, 0.4) is 0 Å². The van der Waals surface area contributed by atoms with Crippen LogP contribution in [0.1, 0.15) is 44.6 Å². The molecule has 1 fully saturated rings. The Balaban J connectivity index is 2.09. The van der Waals surface area contributed by atoms with Crippen molar-refractivity contribution in [1.82, 2.24) is 4.90 Å². The maximum Gasteiger partial charge on any atom is 0.242 e. The van der Waals surface area contributed by atoms with Gasteiger partial charge in [-0.25, -0.2) is 4.39 Å². The van der Waals surface area contributed by atoms with Crippen molar-refractivity contribution < 1.29 is 9.18 Å². The third kappa shape index (κ3) is 3.37. The zero-order chi connectivity index (χ0) is 14.6. The van der Waals surface area contributed by atoms with E-state index in [9.17, 15) is 9.18 Å². The fourth-order valence-electron chi connectivity index (χ4n) is 2.89. The normalized spacial score (nSPS) is 17.8. The van der Waals surface area contributed by atoms with Crippen LogP contribution in [0.15, 0.2) is 24.3 Å². The fourth-order valence-corrected chi connectivity index (χ4v) is 2.89. The molecule has 2 rings (SSSR count). The number of nitrogens with two attached hydrogens (primary N) is 1. The van der Waals surface area contributed by atoms with Gasteiger partial charge < -0.3 is 10.6 Å². The highest BCUT2D eigenvalue weighted by atomic mass is 19.1. The van der Waals surface area contributed by atoms with Crippen molar-refractivity contribution >= 4 is 5.91 Å². The maximum absolute atomic E-state index is 13.2. The molecule has 0 atom stereocenters. The van der Waals surface area contributed by atoms with E-state index in [1.165, 1.54) is 12.1 Å². The zero-order valence-electron chi connectivity index (χ0n) is 12.1. The molecule has 1 aliphatic carbocycles. The van der Waals surface area contributed by atoms with Gasteiger partial charge in [-0.1, -0.05) is 31.4 Å². The van der Waals surface area contributed by atoms with E-state index in [0.717, 1.165) is 37.7 Å². The highest BCUT2D eigenvalue weighted by Crippen LogP contribution is 2.28. The first-order chi connectivity index (χ1) is 9.55. The molecule has 0 bridgehead atoms. The maximum atomic E-state index is 13.2. The van der Waals surface area contributed by atoms with E-state index in [4.69, 9.17) is 5.73 Å². The molecular formula is C16H23FN2O. The van der Waals surface area contributed by atoms with E-state index < -0.39 is 5.54 Å². The predicted octanol–water partition coefficient (Wildman–Crippen LogP) is 2.84. The van der Waals surface area contributed by atoms with Gasteiger partial charge in [0.05, 0.1) is 5.54 Å². The average molecular weight is 278 g/mol. The molecule has 4 heteroatoms. The lowest BCUT2D eigenvalue weighted by molar-refractivity contribution is -0.138. The number of benzene rings is 1. The smallest absolute Gasteiger partial charge is 0.242 e. The van der Waals surface area contributed by atoms with E-state index in [0.29, 0.717) is 13.1 Å². The van der Waals surface area contributed by atoms with Gasteiger partial charge in [0.2, 0.25) is 5.91 Å². The Labute approximate surface area is 120 Å². The van der Waals surface area contributed by atoms with Gasteiger partial charge in [0.15, 0.2) is 0 Å². The summed E-state index contributed by atoms with van der Waals surface area (Å²) in [6.07, 6.45) is 4.69. The number of nitrogens with zero attached hydrogens (tertiary/aromatic N) is 1. The quantitative estimate of drug-likeness (QED) is 0.920. The summed E-state index contributed by atoms with van der Waals surface area (Å²) in [4.78, 5) is 14.4. The molecule has 2 N–H and O–H groups in total. The van der Waals surface area contributed by atoms with Crippen LogP contribution in [0.2, 0.25) is 0 Å². The molecule has 1 amide bonds. The third-order valence-electron chi connectivity index (χ3n) is 4.10. The van der Waals surface area contributed by atoms with Crippen molar-refractivity contribution in [1.29, 1.82) is 0 Å². The summed E-state index contributed by atoms with van der Waals surface area (Å²) in [7, 11) is 0. The van der Waals surface area contributed by atoms with Gasteiger partial charge in [0, 0.05) is 13.1 Å². The highest BCUT2D eigenvalue weighted by Gasteiger charge is 2.37. The number of halogens is 1. The second-order valence-corrected chi connectivity index (χ2v) is 5.67. The van der Waals surface area contributed by atoms with Gasteiger partial charge in [-0.2, -0.15) is 0 Å². The van der Waals surface area contributed by atoms with Gasteiger partial charge in [-0.05, 0) is 37.5 Å². The first-order valence-corrected chi connectivity index (χ1v) is 7.38. The Morgan fingerprint density at radius 3 is 2.65 bits per heavy atom. The molecule has 110 valence electrons. The van der Waals surface area contributed by atoms with Crippen LogP contribution >= 0.6 is 0 Å². The van der Waals surface area contributed by atoms with Crippen LogP contribution in [-0.2, 0) is 11.3 Å². The van der Waals surface area contributed by atoms with Crippen molar-refractivity contribution in [3.8, 4) is 0 Å². The van der Waals surface area contributed by atoms with E-state index in [-0.39, 0.29) is 11.7 Å². The van der Waals surface area contributed by atoms with Crippen molar-refractivity contribution in [2.24, 2.45) is 5.73 Å². The minimum Gasteiger partial charge on any atom is -0.337 e. The molecule has 0 unspecified atom stereocenters. The molecule has 1 aromatic carbocycles. The van der Waals surface area contributed by atoms with E-state index in [1.54, 1.807) is 11.0 Å². The van der Waals surface area contributed by atoms with Crippen LogP contribution < -0.4 is 5.73 Å². The lowest BCUT2D eigenvalue weighted by Gasteiger charge is -2.36. The second kappa shape index (κ2) is 6.35. The molecule has 0 saturated heterocycles. The first kappa shape index (κ1) is 15.0. The van der Waals surface area contributed by atoms with Crippen LogP contribution in [0.4, 0.5) is 4.39 Å². The summed E-state index contributed by atoms with van der Waals surface area (Å²) in [6.45, 7) is 2.95. The number of amides is 1. The molecule has 0 heterocycles. The number of likely N-dealkylation sites (N-methyl/N-ethyl adjacent to an activating group) is 1. The van der Waals surface area contributed by atoms with Gasteiger partial charge in [-0.15, -0.1) is 0 Å². The van der Waals surface area contributed by atoms with Crippen molar-refractivity contribution in [3.63, 3.8) is 0 Å². The number of rotatable bonds is 4. The van der Waals surface area contributed by atoms with Gasteiger partial charge in [0.1, 0.15) is 5.82 Å². The molecule has 0 radical (unpaired) electrons. The van der Waals surface area contributed by atoms with E-state index >= 15 is 0 Å². The highest BCUT2D eigenvalue weighted by molar-refractivity contribution is 5.86. The Kier molecular flexibility index (Phi) is 4.76. The largest absolute Gasteiger partial charge is 0.337 e. The van der Waals surface area contributed by atoms with Crippen molar-refractivity contribution in [2.75, 3.05) is 6.54 Å². The monoisotopic (exact) mass is 278 g/mol. The second-order valence-electron chi connectivity index (χ2n) is 5.67. The molecule has 20 heavy (non-hydrogen) atoms. The van der Waals surface area contributed by atoms with E-state index in [2.05, 4.69) is 0 Å². The first-order valence-electron chi connectivity index (χ1n) is 7.38. The van der Waals surface area contributed by atoms with Gasteiger partial charge in [-0.3, -0.25) is 4.79 Å². The summed E-state index contributed by atoms with van der Waals surface area (Å²) < 4.78 is 13.2. The zero-order valence-corrected chi connectivity index (χ0v) is 12.1. The molecular weight excluding hydrogens is 255 g/mol. The summed E-state index contributed by atoms with van der Waals surface area (Å²) >= 11 is 0. The summed E-state index contributed by atoms with van der Waals surface area (Å²) in [5.74, 6) is -0.268. The molecule has 0 aromatic heterocycles. The lowest BCUT2D eigenvalue weighted by atomic mass is 9.81. The number of hydrogen-bond acceptors (Lipinski definition) is 2. The Bertz CT molecular complexity index is 469. The van der Waals surface area contributed by atoms with E-state index in [1.807, 2.05) is 13.0 Å². The SMILES string of the molecule is CCN(Cc1cccc(F)c1)C(=O)C1(N)CCCCC1. The van der Waals surface area contributed by atoms with Crippen LogP contribution in [0.5, 0.6) is 0 Å². The molecule has 0 spiro atoms. The minimum atomic E-state index is -0.721. The van der Waals surface area contributed by atoms with Crippen molar-refractivity contribution in [2.45, 2.75) is 51.1 Å². The predicted molar refractivity (Wildman–Crippen MR) is 77.5 cm³/mol. The van der Waals surface area contributed by atoms with Crippen LogP contribution in [0.25, 0.3) is 0 Å². The number of carbonyl (C=O) groups is 1. The van der Waals surface area contributed by atoms with Gasteiger partial charge in [0.25, 0.3) is 0 Å². The molecule has 3 nitrogen and oxygen atoms in total. The number of hydrogen-bond donors (Lipinski definition) is 1. The topological polar surface area (TPSA) is 46.3 Å². The number of carbonyl (C=O) groups excluding carboxylic acids is 1. The van der Waals surface area contributed by atoms with Gasteiger partial charge >= 0.3 is 0 Å². The molecule has 1 aliphatic rings. The van der Waals surface area contributed by atoms with Crippen LogP contribution in [-0.4, -0.2) is 22.9 Å². The Morgan fingerprint density at radius 2 is 2.05 bits per heavy atom. The van der Waals surface area contributed by atoms with Crippen molar-refractivity contribution in [3.05, 3.63) is 35.6 Å². The fraction of sp³-hybridized carbons (Fsp3) is 0.562. The molecule has 0 aliphatic heterocycles. The minimum absolute atomic E-state index is 0.00367. The summed E-state index contributed by atoms with van der Waals surface area (Å²) in [6, 6.07) is 6.39. The summed E-state index contributed by atoms with van der Waals surface area (Å²) in [5.41, 5.74) is 6.38. The van der Waals surface area contributed by atoms with Crippen LogP contribution in [0, 0.1) is 5.82 Å². The Hall–Kier alpha value is -1.42.